The molecule has 21 heteroatoms. The first kappa shape index (κ1) is 38.0. The Morgan fingerprint density at radius 3 is 1.94 bits per heavy atom. The van der Waals surface area contributed by atoms with E-state index in [0.29, 0.717) is 0 Å². The van der Waals surface area contributed by atoms with E-state index in [2.05, 4.69) is 10.6 Å². The van der Waals surface area contributed by atoms with Crippen LogP contribution in [0.15, 0.2) is 0 Å². The number of aliphatic hydroxyl groups is 6. The minimum Gasteiger partial charge on any atom is -0.394 e. The lowest BCUT2D eigenvalue weighted by Gasteiger charge is -2.48. The van der Waals surface area contributed by atoms with E-state index in [4.69, 9.17) is 62.8 Å². The van der Waals surface area contributed by atoms with Crippen molar-refractivity contribution in [2.45, 2.75) is 129 Å². The van der Waals surface area contributed by atoms with E-state index in [1.54, 1.807) is 0 Å². The number of ether oxygens (including phenoxy) is 6. The Bertz CT molecular complexity index is 1080. The lowest BCUT2D eigenvalue weighted by Crippen LogP contribution is -2.72. The molecule has 18 unspecified atom stereocenters. The summed E-state index contributed by atoms with van der Waals surface area (Å²) in [5, 5.41) is 68.7. The molecule has 4 aliphatic heterocycles. The summed E-state index contributed by atoms with van der Waals surface area (Å²) >= 11 is 0. The van der Waals surface area contributed by atoms with Gasteiger partial charge < -0.3 is 104 Å². The highest BCUT2D eigenvalue weighted by atomic mass is 16.7. The first-order chi connectivity index (χ1) is 22.7. The molecule has 1 amide bonds. The molecule has 21 nitrogen and oxygen atoms in total. The lowest BCUT2D eigenvalue weighted by atomic mass is 9.83. The van der Waals surface area contributed by atoms with Gasteiger partial charge in [0.15, 0.2) is 24.5 Å². The molecule has 5 rings (SSSR count). The van der Waals surface area contributed by atoms with Crippen LogP contribution in [0, 0.1) is 0 Å². The molecule has 0 aromatic carbocycles. The fourth-order valence-corrected chi connectivity index (χ4v) is 6.72. The van der Waals surface area contributed by atoms with E-state index in [-0.39, 0.29) is 39.0 Å². The second kappa shape index (κ2) is 15.5. The number of carbonyl (C=O) groups is 1. The Morgan fingerprint density at radius 1 is 0.750 bits per heavy atom. The Balaban J connectivity index is 1.35. The zero-order chi connectivity index (χ0) is 35.1. The van der Waals surface area contributed by atoms with Gasteiger partial charge in [-0.25, -0.2) is 0 Å². The summed E-state index contributed by atoms with van der Waals surface area (Å²) in [6.07, 6.45) is -15.5. The average molecular weight is 697 g/mol. The maximum Gasteiger partial charge on any atom is 0.254 e. The Morgan fingerprint density at radius 2 is 1.33 bits per heavy atom. The van der Waals surface area contributed by atoms with Crippen LogP contribution in [0.2, 0.25) is 0 Å². The van der Waals surface area contributed by atoms with Crippen LogP contribution in [-0.2, 0) is 33.2 Å². The molecule has 0 aromatic rings. The number of aliphatic hydroxyl groups excluding tert-OH is 5. The molecular formula is C27H52N8O13. The third-order valence-electron chi connectivity index (χ3n) is 9.83. The topological polar surface area (TPSA) is 374 Å². The van der Waals surface area contributed by atoms with Crippen LogP contribution in [0.25, 0.3) is 0 Å². The summed E-state index contributed by atoms with van der Waals surface area (Å²) in [5.74, 6) is -0.720. The van der Waals surface area contributed by atoms with Gasteiger partial charge in [-0.1, -0.05) is 0 Å². The van der Waals surface area contributed by atoms with Gasteiger partial charge in [0.1, 0.15) is 48.8 Å². The molecule has 18 atom stereocenters. The number of nitrogens with one attached hydrogen (secondary N) is 2. The van der Waals surface area contributed by atoms with Gasteiger partial charge in [-0.15, -0.1) is 0 Å². The van der Waals surface area contributed by atoms with Gasteiger partial charge in [-0.3, -0.25) is 4.79 Å². The molecule has 0 bridgehead atoms. The van der Waals surface area contributed by atoms with Crippen molar-refractivity contribution in [3.63, 3.8) is 0 Å². The maximum atomic E-state index is 12.9. The second-order valence-electron chi connectivity index (χ2n) is 13.3. The van der Waals surface area contributed by atoms with Gasteiger partial charge in [-0.05, 0) is 12.8 Å². The van der Waals surface area contributed by atoms with E-state index in [0.717, 1.165) is 0 Å². The Labute approximate surface area is 276 Å². The lowest BCUT2D eigenvalue weighted by molar-refractivity contribution is -0.291. The number of amides is 1. The second-order valence-corrected chi connectivity index (χ2v) is 13.3. The number of carbonyl (C=O) groups excluding carboxylic acids is 1. The largest absolute Gasteiger partial charge is 0.394 e. The summed E-state index contributed by atoms with van der Waals surface area (Å²) in [4.78, 5) is 12.9. The number of nitrogens with two attached hydrogens (primary N) is 6. The van der Waals surface area contributed by atoms with Crippen molar-refractivity contribution in [3.8, 4) is 0 Å². The summed E-state index contributed by atoms with van der Waals surface area (Å²) in [6.45, 7) is -0.731. The van der Waals surface area contributed by atoms with Crippen LogP contribution < -0.4 is 45.0 Å². The molecule has 0 radical (unpaired) electrons. The van der Waals surface area contributed by atoms with Crippen LogP contribution in [0.5, 0.6) is 0 Å². The van der Waals surface area contributed by atoms with E-state index in [9.17, 15) is 35.4 Å². The summed E-state index contributed by atoms with van der Waals surface area (Å²) in [7, 11) is 0. The first-order valence-electron chi connectivity index (χ1n) is 16.1. The van der Waals surface area contributed by atoms with Crippen LogP contribution in [0.1, 0.15) is 12.8 Å². The predicted octanol–water partition coefficient (Wildman–Crippen LogP) is -9.41. The van der Waals surface area contributed by atoms with Crippen LogP contribution in [0.3, 0.4) is 0 Å². The molecule has 5 aliphatic rings. The Kier molecular flexibility index (Phi) is 12.3. The van der Waals surface area contributed by atoms with Gasteiger partial charge in [0.2, 0.25) is 0 Å². The monoisotopic (exact) mass is 696 g/mol. The van der Waals surface area contributed by atoms with Crippen LogP contribution in [-0.4, -0.2) is 185 Å². The zero-order valence-corrected chi connectivity index (χ0v) is 26.3. The fraction of sp³-hybridized carbons (Fsp3) is 0.963. The molecule has 4 heterocycles. The molecule has 4 saturated heterocycles. The van der Waals surface area contributed by atoms with Gasteiger partial charge in [0.05, 0.1) is 43.0 Å². The van der Waals surface area contributed by atoms with Crippen LogP contribution >= 0.6 is 0 Å². The highest BCUT2D eigenvalue weighted by Crippen LogP contribution is 2.34. The minimum atomic E-state index is -1.67. The smallest absolute Gasteiger partial charge is 0.254 e. The zero-order valence-electron chi connectivity index (χ0n) is 26.3. The number of hydrogen-bond donors (Lipinski definition) is 14. The SMILES string of the molecule is NCC1OC(OC2C(N)CC(NC(=O)C3(O)CNC3)C(O)C2OC2OC(CO)C(OC3OC(CN)C(O)C(O)C3N)C2N)C(N)CC1O. The molecule has 1 saturated carbocycles. The molecule has 1 aliphatic carbocycles. The van der Waals surface area contributed by atoms with Gasteiger partial charge in [-0.2, -0.15) is 0 Å². The molecular weight excluding hydrogens is 644 g/mol. The highest BCUT2D eigenvalue weighted by Gasteiger charge is 2.54. The predicted molar refractivity (Wildman–Crippen MR) is 161 cm³/mol. The van der Waals surface area contributed by atoms with Crippen molar-refractivity contribution in [1.82, 2.24) is 10.6 Å². The van der Waals surface area contributed by atoms with Crippen molar-refractivity contribution in [1.29, 1.82) is 0 Å². The third kappa shape index (κ3) is 7.50. The van der Waals surface area contributed by atoms with Crippen molar-refractivity contribution < 1.29 is 63.9 Å². The summed E-state index contributed by atoms with van der Waals surface area (Å²) < 4.78 is 35.8. The molecule has 0 spiro atoms. The first-order valence-corrected chi connectivity index (χ1v) is 16.1. The molecule has 5 fully saturated rings. The van der Waals surface area contributed by atoms with E-state index in [1.807, 2.05) is 0 Å². The maximum absolute atomic E-state index is 12.9. The van der Waals surface area contributed by atoms with E-state index in [1.165, 1.54) is 0 Å². The highest BCUT2D eigenvalue weighted by molar-refractivity contribution is 5.87. The number of β-amino-alcohol motifs (C(OH)–C–C–N with tert-alkyl or cyclic N) is 1. The number of rotatable bonds is 11. The molecule has 278 valence electrons. The third-order valence-corrected chi connectivity index (χ3v) is 9.83. The normalized spacial score (nSPS) is 49.3. The van der Waals surface area contributed by atoms with Crippen molar-refractivity contribution in [3.05, 3.63) is 0 Å². The molecule has 0 aromatic heterocycles. The molecule has 48 heavy (non-hydrogen) atoms. The Hall–Kier alpha value is -1.29. The minimum absolute atomic E-state index is 0.0121. The quantitative estimate of drug-likeness (QED) is 0.0953. The van der Waals surface area contributed by atoms with E-state index < -0.39 is 128 Å². The van der Waals surface area contributed by atoms with Crippen LogP contribution in [0.4, 0.5) is 0 Å². The summed E-state index contributed by atoms with van der Waals surface area (Å²) in [5.41, 5.74) is 35.1. The van der Waals surface area contributed by atoms with Crippen molar-refractivity contribution in [2.75, 3.05) is 32.8 Å². The number of hydrogen-bond acceptors (Lipinski definition) is 20. The van der Waals surface area contributed by atoms with Crippen molar-refractivity contribution in [2.24, 2.45) is 34.4 Å². The standard InChI is InChI=1S/C27H52N8O13/c28-3-12-11(37)2-9(31)23(43-12)46-20-8(30)1-10(35-26(41)27(42)6-34-7-27)17(38)22(20)48-25-16(33)21(14(5-36)45-25)47-24-15(32)19(40)18(39)13(4-29)44-24/h8-25,34,36-40,42H,1-7,28-33H2,(H,35,41). The summed E-state index contributed by atoms with van der Waals surface area (Å²) in [6, 6.07) is -5.12. The van der Waals surface area contributed by atoms with Gasteiger partial charge in [0, 0.05) is 32.2 Å². The van der Waals surface area contributed by atoms with Crippen molar-refractivity contribution >= 4 is 5.91 Å². The molecule has 20 N–H and O–H groups in total. The fourth-order valence-electron chi connectivity index (χ4n) is 6.72. The van der Waals surface area contributed by atoms with Gasteiger partial charge >= 0.3 is 0 Å². The average Bonchev–Trinajstić information content (AvgIpc) is 3.34. The van der Waals surface area contributed by atoms with E-state index >= 15 is 0 Å². The van der Waals surface area contributed by atoms with Gasteiger partial charge in [0.25, 0.3) is 5.91 Å².